The van der Waals surface area contributed by atoms with Gasteiger partial charge >= 0.3 is 10.0 Å². The van der Waals surface area contributed by atoms with Crippen molar-refractivity contribution in [2.75, 3.05) is 37.2 Å². The number of anilines is 2. The minimum atomic E-state index is -3.50. The monoisotopic (exact) mass is 524 g/mol. The van der Waals surface area contributed by atoms with Crippen molar-refractivity contribution >= 4 is 39.0 Å². The van der Waals surface area contributed by atoms with Crippen LogP contribution < -0.4 is 9.80 Å². The van der Waals surface area contributed by atoms with Crippen molar-refractivity contribution in [2.24, 2.45) is 0 Å². The zero-order valence-electron chi connectivity index (χ0n) is 21.9. The highest BCUT2D eigenvalue weighted by atomic mass is 32.2. The van der Waals surface area contributed by atoms with E-state index in [4.69, 9.17) is 0 Å². The van der Waals surface area contributed by atoms with Crippen molar-refractivity contribution in [1.82, 2.24) is 0 Å². The van der Waals surface area contributed by atoms with Crippen molar-refractivity contribution in [3.63, 3.8) is 0 Å². The molecule has 38 heavy (non-hydrogen) atoms. The van der Waals surface area contributed by atoms with E-state index in [2.05, 4.69) is 78.0 Å². The lowest BCUT2D eigenvalue weighted by Gasteiger charge is -2.25. The quantitative estimate of drug-likeness (QED) is 0.347. The molecule has 2 aliphatic rings. The summed E-state index contributed by atoms with van der Waals surface area (Å²) < 4.78 is 29.0. The molecule has 7 heteroatoms. The number of nitrogens with zero attached hydrogens (tertiary/aromatic N) is 4. The van der Waals surface area contributed by atoms with Crippen molar-refractivity contribution in [3.05, 3.63) is 120 Å². The molecule has 0 bridgehead atoms. The number of hydrogen-bond acceptors (Lipinski definition) is 4. The van der Waals surface area contributed by atoms with Gasteiger partial charge in [0.05, 0.1) is 22.5 Å². The highest BCUT2D eigenvalue weighted by molar-refractivity contribution is 7.85. The summed E-state index contributed by atoms with van der Waals surface area (Å²) in [6.07, 6.45) is 1.69. The van der Waals surface area contributed by atoms with Crippen molar-refractivity contribution in [3.8, 4) is 0 Å². The fourth-order valence-corrected chi connectivity index (χ4v) is 6.18. The van der Waals surface area contributed by atoms with Crippen molar-refractivity contribution in [2.45, 2.75) is 11.8 Å². The predicted molar refractivity (Wildman–Crippen MR) is 155 cm³/mol. The molecule has 0 radical (unpaired) electrons. The van der Waals surface area contributed by atoms with Gasteiger partial charge in [-0.3, -0.25) is 0 Å². The van der Waals surface area contributed by atoms with Gasteiger partial charge in [0.15, 0.2) is 11.9 Å². The number of hydrogen-bond donors (Lipinski definition) is 0. The SMILES string of the molecule is CC1=[N+](c2ccccc2)CN(C)c2ccccc21.CN1C[N+](S(=O)(=O)c2ccccc2)=Cc2ccccc21. The maximum atomic E-state index is 12.6. The molecule has 0 N–H and O–H groups in total. The van der Waals surface area contributed by atoms with Crippen LogP contribution in [-0.2, 0) is 10.0 Å². The Kier molecular flexibility index (Phi) is 7.11. The normalized spacial score (nSPS) is 14.7. The lowest BCUT2D eigenvalue weighted by molar-refractivity contribution is -0.440. The van der Waals surface area contributed by atoms with Crippen LogP contribution in [0.15, 0.2) is 114 Å². The van der Waals surface area contributed by atoms with Crippen LogP contribution in [0.1, 0.15) is 18.1 Å². The van der Waals surface area contributed by atoms with Crippen molar-refractivity contribution < 1.29 is 17.0 Å². The minimum absolute atomic E-state index is 0.309. The van der Waals surface area contributed by atoms with Crippen LogP contribution in [0, 0.1) is 0 Å². The Balaban J connectivity index is 0.000000156. The summed E-state index contributed by atoms with van der Waals surface area (Å²) >= 11 is 0. The molecule has 2 heterocycles. The van der Waals surface area contributed by atoms with Crippen LogP contribution in [0.4, 0.5) is 17.1 Å². The minimum Gasteiger partial charge on any atom is -0.319 e. The standard InChI is InChI=1S/C16H17N2.C15H15N2O2S/c1-13-15-10-6-7-11-16(15)17(2)12-18(13)14-8-4-3-5-9-14;1-16-12-17(11-13-7-5-6-10-15(13)16)20(18,19)14-8-3-2-4-9-14/h3-11H,12H2,1-2H3;2-11H,12H2,1H3/q2*+1. The third-order valence-electron chi connectivity index (χ3n) is 6.86. The molecule has 0 aliphatic carbocycles. The molecule has 0 amide bonds. The van der Waals surface area contributed by atoms with Gasteiger partial charge < -0.3 is 9.80 Å². The highest BCUT2D eigenvalue weighted by Gasteiger charge is 2.32. The second kappa shape index (κ2) is 10.6. The first-order chi connectivity index (χ1) is 18.4. The van der Waals surface area contributed by atoms with Crippen LogP contribution >= 0.6 is 0 Å². The highest BCUT2D eigenvalue weighted by Crippen LogP contribution is 2.27. The first-order valence-electron chi connectivity index (χ1n) is 12.5. The van der Waals surface area contributed by atoms with Crippen LogP contribution in [0.3, 0.4) is 0 Å². The van der Waals surface area contributed by atoms with E-state index in [1.807, 2.05) is 36.2 Å². The van der Waals surface area contributed by atoms with E-state index in [0.717, 1.165) is 17.9 Å². The molecule has 6 rings (SSSR count). The molecule has 0 aromatic heterocycles. The Hall–Kier alpha value is -4.23. The Morgan fingerprint density at radius 2 is 1.21 bits per heavy atom. The van der Waals surface area contributed by atoms with Crippen LogP contribution in [0.25, 0.3) is 0 Å². The Morgan fingerprint density at radius 1 is 0.658 bits per heavy atom. The summed E-state index contributed by atoms with van der Waals surface area (Å²) in [4.78, 5) is 4.52. The van der Waals surface area contributed by atoms with Crippen molar-refractivity contribution in [1.29, 1.82) is 0 Å². The molecule has 4 aromatic carbocycles. The predicted octanol–water partition coefficient (Wildman–Crippen LogP) is 5.16. The van der Waals surface area contributed by atoms with E-state index < -0.39 is 10.0 Å². The molecular formula is C31H32N4O2S+2. The number of fused-ring (bicyclic) bond motifs is 2. The van der Waals surface area contributed by atoms with Crippen LogP contribution in [0.2, 0.25) is 0 Å². The van der Waals surface area contributed by atoms with Gasteiger partial charge in [0.2, 0.25) is 19.0 Å². The molecule has 0 fully saturated rings. The number of para-hydroxylation sites is 3. The third-order valence-corrected chi connectivity index (χ3v) is 8.57. The Morgan fingerprint density at radius 3 is 1.92 bits per heavy atom. The lowest BCUT2D eigenvalue weighted by atomic mass is 10.1. The van der Waals surface area contributed by atoms with E-state index in [9.17, 15) is 8.42 Å². The number of sulfonamides is 1. The zero-order valence-corrected chi connectivity index (χ0v) is 22.7. The molecule has 0 saturated heterocycles. The van der Waals surface area contributed by atoms with Gasteiger partial charge in [-0.25, -0.2) is 0 Å². The summed E-state index contributed by atoms with van der Waals surface area (Å²) in [6, 6.07) is 35.4. The fraction of sp³-hybridized carbons (Fsp3) is 0.161. The summed E-state index contributed by atoms with van der Waals surface area (Å²) in [5.41, 5.74) is 7.12. The average Bonchev–Trinajstić information content (AvgIpc) is 2.96. The smallest absolute Gasteiger partial charge is 0.319 e. The second-order valence-electron chi connectivity index (χ2n) is 9.44. The second-order valence-corrected chi connectivity index (χ2v) is 11.3. The lowest BCUT2D eigenvalue weighted by Crippen LogP contribution is -2.37. The molecule has 0 spiro atoms. The van der Waals surface area contributed by atoms with E-state index in [-0.39, 0.29) is 0 Å². The first-order valence-corrected chi connectivity index (χ1v) is 14.0. The van der Waals surface area contributed by atoms with Gasteiger partial charge in [-0.2, -0.15) is 13.0 Å². The fourth-order valence-electron chi connectivity index (χ4n) is 4.83. The largest absolute Gasteiger partial charge is 0.396 e. The van der Waals surface area contributed by atoms with Gasteiger partial charge in [-0.15, -0.1) is 0 Å². The van der Waals surface area contributed by atoms with Gasteiger partial charge in [0.1, 0.15) is 4.90 Å². The summed E-state index contributed by atoms with van der Waals surface area (Å²) in [7, 11) is 0.527. The summed E-state index contributed by atoms with van der Waals surface area (Å²) in [5.74, 6) is 0. The van der Waals surface area contributed by atoms with Gasteiger partial charge in [-0.05, 0) is 36.4 Å². The van der Waals surface area contributed by atoms with E-state index >= 15 is 0 Å². The summed E-state index contributed by atoms with van der Waals surface area (Å²) in [6.45, 7) is 3.40. The number of benzene rings is 4. The van der Waals surface area contributed by atoms with Crippen LogP contribution in [0.5, 0.6) is 0 Å². The van der Waals surface area contributed by atoms with Gasteiger partial charge in [0.25, 0.3) is 0 Å². The molecule has 0 unspecified atom stereocenters. The third kappa shape index (κ3) is 4.97. The Bertz CT molecular complexity index is 1610. The molecule has 0 saturated carbocycles. The van der Waals surface area contributed by atoms with E-state index in [1.54, 1.807) is 36.5 Å². The molecule has 192 valence electrons. The average molecular weight is 525 g/mol. The summed E-state index contributed by atoms with van der Waals surface area (Å²) in [5, 5.41) is 0. The first kappa shape index (κ1) is 25.4. The zero-order chi connectivity index (χ0) is 26.7. The van der Waals surface area contributed by atoms with Gasteiger partial charge in [-0.1, -0.05) is 64.6 Å². The molecule has 4 aromatic rings. The van der Waals surface area contributed by atoms with E-state index in [1.165, 1.54) is 26.6 Å². The molecular weight excluding hydrogens is 492 g/mol. The maximum Gasteiger partial charge on any atom is 0.396 e. The molecule has 0 atom stereocenters. The van der Waals surface area contributed by atoms with E-state index in [0.29, 0.717) is 11.6 Å². The number of rotatable bonds is 3. The van der Waals surface area contributed by atoms with Gasteiger partial charge in [0, 0.05) is 33.2 Å². The molecule has 6 nitrogen and oxygen atoms in total. The maximum absolute atomic E-state index is 12.6. The van der Waals surface area contributed by atoms with Crippen LogP contribution in [-0.4, -0.2) is 56.3 Å². The Labute approximate surface area is 225 Å². The molecule has 2 aliphatic heterocycles. The topological polar surface area (TPSA) is 46.6 Å².